The molecule has 0 aliphatic heterocycles. The van der Waals surface area contributed by atoms with E-state index in [0.29, 0.717) is 0 Å². The van der Waals surface area contributed by atoms with Crippen molar-refractivity contribution in [1.29, 1.82) is 0 Å². The fourth-order valence-corrected chi connectivity index (χ4v) is 4.06. The zero-order chi connectivity index (χ0) is 17.5. The first-order valence-corrected chi connectivity index (χ1v) is 9.10. The average Bonchev–Trinajstić information content (AvgIpc) is 3.33. The standard InChI is InChI=1S/C21H15N3OS/c1-25-17-6-7-18-19(11-17)26-21(24-18)14-4-2-13(3-5-14)16-10-15-8-9-22-20(15)23-12-16/h2-12H,1H3,(H,22,23). The van der Waals surface area contributed by atoms with Crippen LogP contribution in [0.4, 0.5) is 0 Å². The summed E-state index contributed by atoms with van der Waals surface area (Å²) in [4.78, 5) is 12.3. The van der Waals surface area contributed by atoms with Gasteiger partial charge in [0.2, 0.25) is 0 Å². The molecular weight excluding hydrogens is 342 g/mol. The van der Waals surface area contributed by atoms with Gasteiger partial charge in [-0.1, -0.05) is 24.3 Å². The highest BCUT2D eigenvalue weighted by Gasteiger charge is 2.08. The number of hydrogen-bond acceptors (Lipinski definition) is 4. The van der Waals surface area contributed by atoms with Gasteiger partial charge >= 0.3 is 0 Å². The molecule has 1 N–H and O–H groups in total. The van der Waals surface area contributed by atoms with Crippen molar-refractivity contribution in [3.63, 3.8) is 0 Å². The monoisotopic (exact) mass is 357 g/mol. The Morgan fingerprint density at radius 3 is 2.62 bits per heavy atom. The molecule has 0 bridgehead atoms. The highest BCUT2D eigenvalue weighted by atomic mass is 32.1. The van der Waals surface area contributed by atoms with Crippen LogP contribution in [0.1, 0.15) is 0 Å². The van der Waals surface area contributed by atoms with E-state index in [9.17, 15) is 0 Å². The number of methoxy groups -OCH3 is 1. The van der Waals surface area contributed by atoms with Crippen molar-refractivity contribution in [3.05, 3.63) is 67.0 Å². The van der Waals surface area contributed by atoms with Crippen LogP contribution in [0.2, 0.25) is 0 Å². The van der Waals surface area contributed by atoms with Crippen molar-refractivity contribution in [2.75, 3.05) is 7.11 Å². The van der Waals surface area contributed by atoms with Crippen molar-refractivity contribution < 1.29 is 4.74 Å². The molecule has 126 valence electrons. The van der Waals surface area contributed by atoms with Crippen LogP contribution in [0.3, 0.4) is 0 Å². The fourth-order valence-electron chi connectivity index (χ4n) is 3.06. The van der Waals surface area contributed by atoms with Gasteiger partial charge in [-0.25, -0.2) is 9.97 Å². The topological polar surface area (TPSA) is 50.8 Å². The number of rotatable bonds is 3. The lowest BCUT2D eigenvalue weighted by molar-refractivity contribution is 0.415. The number of thiazole rings is 1. The van der Waals surface area contributed by atoms with Gasteiger partial charge in [0.15, 0.2) is 0 Å². The van der Waals surface area contributed by atoms with E-state index >= 15 is 0 Å². The molecule has 0 saturated heterocycles. The molecule has 26 heavy (non-hydrogen) atoms. The number of ether oxygens (including phenoxy) is 1. The minimum absolute atomic E-state index is 0.857. The molecule has 0 radical (unpaired) electrons. The highest BCUT2D eigenvalue weighted by Crippen LogP contribution is 2.33. The number of fused-ring (bicyclic) bond motifs is 2. The minimum Gasteiger partial charge on any atom is -0.497 e. The van der Waals surface area contributed by atoms with Crippen LogP contribution >= 0.6 is 11.3 Å². The van der Waals surface area contributed by atoms with E-state index in [0.717, 1.165) is 48.7 Å². The Morgan fingerprint density at radius 1 is 0.923 bits per heavy atom. The molecule has 0 amide bonds. The molecule has 3 aromatic heterocycles. The summed E-state index contributed by atoms with van der Waals surface area (Å²) in [5.41, 5.74) is 5.28. The Morgan fingerprint density at radius 2 is 1.77 bits per heavy atom. The quantitative estimate of drug-likeness (QED) is 0.463. The Labute approximate surface area is 154 Å². The molecule has 0 spiro atoms. The Balaban J connectivity index is 1.51. The summed E-state index contributed by atoms with van der Waals surface area (Å²) < 4.78 is 6.43. The van der Waals surface area contributed by atoms with Crippen LogP contribution in [0.15, 0.2) is 67.0 Å². The molecule has 5 rings (SSSR count). The van der Waals surface area contributed by atoms with Crippen molar-refractivity contribution in [2.45, 2.75) is 0 Å². The van der Waals surface area contributed by atoms with Crippen molar-refractivity contribution in [2.24, 2.45) is 0 Å². The second kappa shape index (κ2) is 5.97. The van der Waals surface area contributed by atoms with Gasteiger partial charge in [0.25, 0.3) is 0 Å². The van der Waals surface area contributed by atoms with Gasteiger partial charge < -0.3 is 9.72 Å². The van der Waals surface area contributed by atoms with Crippen molar-refractivity contribution >= 4 is 32.6 Å². The van der Waals surface area contributed by atoms with Crippen LogP contribution < -0.4 is 4.74 Å². The van der Waals surface area contributed by atoms with Gasteiger partial charge in [0.1, 0.15) is 16.4 Å². The molecule has 3 heterocycles. The summed E-state index contributed by atoms with van der Waals surface area (Å²) >= 11 is 1.68. The van der Waals surface area contributed by atoms with E-state index < -0.39 is 0 Å². The maximum Gasteiger partial charge on any atom is 0.137 e. The largest absolute Gasteiger partial charge is 0.497 e. The first kappa shape index (κ1) is 15.1. The van der Waals surface area contributed by atoms with Crippen LogP contribution in [0.25, 0.3) is 42.9 Å². The van der Waals surface area contributed by atoms with Gasteiger partial charge in [-0.3, -0.25) is 0 Å². The molecule has 0 unspecified atom stereocenters. The smallest absolute Gasteiger partial charge is 0.137 e. The Hall–Kier alpha value is -3.18. The molecule has 0 aliphatic rings. The van der Waals surface area contributed by atoms with Gasteiger partial charge in [-0.15, -0.1) is 11.3 Å². The van der Waals surface area contributed by atoms with E-state index in [1.165, 1.54) is 0 Å². The lowest BCUT2D eigenvalue weighted by Crippen LogP contribution is -1.82. The maximum absolute atomic E-state index is 5.30. The number of aromatic nitrogens is 3. The molecular formula is C21H15N3OS. The third kappa shape index (κ3) is 2.53. The number of pyridine rings is 1. The number of H-pyrrole nitrogens is 1. The predicted molar refractivity (Wildman–Crippen MR) is 107 cm³/mol. The molecule has 0 fully saturated rings. The Bertz CT molecular complexity index is 1220. The molecule has 4 nitrogen and oxygen atoms in total. The van der Waals surface area contributed by atoms with E-state index in [1.54, 1.807) is 18.4 Å². The van der Waals surface area contributed by atoms with Crippen molar-refractivity contribution in [1.82, 2.24) is 15.0 Å². The van der Waals surface area contributed by atoms with Crippen LogP contribution in [0, 0.1) is 0 Å². The summed E-state index contributed by atoms with van der Waals surface area (Å²) in [6.07, 6.45) is 3.81. The van der Waals surface area contributed by atoms with Gasteiger partial charge in [-0.05, 0) is 35.9 Å². The lowest BCUT2D eigenvalue weighted by Gasteiger charge is -2.03. The average molecular weight is 357 g/mol. The summed E-state index contributed by atoms with van der Waals surface area (Å²) in [5, 5.41) is 2.13. The maximum atomic E-state index is 5.30. The molecule has 2 aromatic carbocycles. The number of nitrogens with zero attached hydrogens (tertiary/aromatic N) is 2. The molecule has 0 atom stereocenters. The lowest BCUT2D eigenvalue weighted by atomic mass is 10.1. The SMILES string of the molecule is COc1ccc2nc(-c3ccc(-c4cnc5[nH]ccc5c4)cc3)sc2c1. The van der Waals surface area contributed by atoms with E-state index in [1.807, 2.05) is 36.7 Å². The van der Waals surface area contributed by atoms with Crippen LogP contribution in [-0.4, -0.2) is 22.1 Å². The van der Waals surface area contributed by atoms with E-state index in [4.69, 9.17) is 9.72 Å². The summed E-state index contributed by atoms with van der Waals surface area (Å²) in [7, 11) is 1.68. The van der Waals surface area contributed by atoms with E-state index in [-0.39, 0.29) is 0 Å². The number of nitrogens with one attached hydrogen (secondary N) is 1. The predicted octanol–water partition coefficient (Wildman–Crippen LogP) is 5.52. The van der Waals surface area contributed by atoms with Gasteiger partial charge in [-0.2, -0.15) is 0 Å². The third-order valence-corrected chi connectivity index (χ3v) is 5.53. The molecule has 0 aliphatic carbocycles. The summed E-state index contributed by atoms with van der Waals surface area (Å²) in [6, 6.07) is 18.6. The third-order valence-electron chi connectivity index (χ3n) is 4.46. The summed E-state index contributed by atoms with van der Waals surface area (Å²) in [6.45, 7) is 0. The van der Waals surface area contributed by atoms with Gasteiger partial charge in [0.05, 0.1) is 17.3 Å². The zero-order valence-corrected chi connectivity index (χ0v) is 14.9. The zero-order valence-electron chi connectivity index (χ0n) is 14.1. The second-order valence-electron chi connectivity index (χ2n) is 6.07. The second-order valence-corrected chi connectivity index (χ2v) is 7.10. The summed E-state index contributed by atoms with van der Waals surface area (Å²) in [5.74, 6) is 0.857. The number of hydrogen-bond donors (Lipinski definition) is 1. The van der Waals surface area contributed by atoms with Crippen LogP contribution in [0.5, 0.6) is 5.75 Å². The Kier molecular flexibility index (Phi) is 3.47. The molecule has 5 heteroatoms. The van der Waals surface area contributed by atoms with Crippen molar-refractivity contribution in [3.8, 4) is 27.4 Å². The first-order valence-electron chi connectivity index (χ1n) is 8.29. The normalized spacial score (nSPS) is 11.3. The number of benzene rings is 2. The van der Waals surface area contributed by atoms with Gasteiger partial charge in [0, 0.05) is 28.9 Å². The molecule has 0 saturated carbocycles. The van der Waals surface area contributed by atoms with Crippen LogP contribution in [-0.2, 0) is 0 Å². The van der Waals surface area contributed by atoms with E-state index in [2.05, 4.69) is 40.3 Å². The number of aromatic amines is 1. The fraction of sp³-hybridized carbons (Fsp3) is 0.0476. The highest BCUT2D eigenvalue weighted by molar-refractivity contribution is 7.21. The minimum atomic E-state index is 0.857. The first-order chi connectivity index (χ1) is 12.8. The molecule has 5 aromatic rings.